The highest BCUT2D eigenvalue weighted by atomic mass is 16.6. The van der Waals surface area contributed by atoms with Gasteiger partial charge in [-0.2, -0.15) is 0 Å². The van der Waals surface area contributed by atoms with Crippen molar-refractivity contribution in [2.24, 2.45) is 17.8 Å². The van der Waals surface area contributed by atoms with Crippen molar-refractivity contribution in [3.8, 4) is 0 Å². The van der Waals surface area contributed by atoms with E-state index in [1.807, 2.05) is 18.2 Å². The first-order chi connectivity index (χ1) is 27.2. The van der Waals surface area contributed by atoms with Gasteiger partial charge in [-0.05, 0) is 43.9 Å². The van der Waals surface area contributed by atoms with Crippen LogP contribution in [0.2, 0.25) is 0 Å². The van der Waals surface area contributed by atoms with Gasteiger partial charge in [-0.15, -0.1) is 0 Å². The van der Waals surface area contributed by atoms with Crippen LogP contribution in [0.3, 0.4) is 0 Å². The Morgan fingerprint density at radius 3 is 1.77 bits per heavy atom. The second kappa shape index (κ2) is 36.3. The van der Waals surface area contributed by atoms with Crippen molar-refractivity contribution >= 4 is 11.9 Å². The van der Waals surface area contributed by atoms with Crippen molar-refractivity contribution in [3.05, 3.63) is 24.3 Å². The van der Waals surface area contributed by atoms with Crippen molar-refractivity contribution in [1.29, 1.82) is 0 Å². The summed E-state index contributed by atoms with van der Waals surface area (Å²) in [5, 5.41) is 40.8. The summed E-state index contributed by atoms with van der Waals surface area (Å²) in [6, 6.07) is 0. The summed E-state index contributed by atoms with van der Waals surface area (Å²) in [5.41, 5.74) is 0. The van der Waals surface area contributed by atoms with Crippen LogP contribution in [0, 0.1) is 17.8 Å². The summed E-state index contributed by atoms with van der Waals surface area (Å²) in [6.07, 6.45) is 37.7. The minimum absolute atomic E-state index is 0.119. The fourth-order valence-electron chi connectivity index (χ4n) is 7.82. The molecule has 0 heterocycles. The average Bonchev–Trinajstić information content (AvgIpc) is 3.46. The molecule has 1 aliphatic carbocycles. The first-order valence-electron chi connectivity index (χ1n) is 23.5. The van der Waals surface area contributed by atoms with Crippen molar-refractivity contribution in [3.63, 3.8) is 0 Å². The van der Waals surface area contributed by atoms with E-state index in [1.165, 1.54) is 109 Å². The predicted molar refractivity (Wildman–Crippen MR) is 230 cm³/mol. The molecule has 0 spiro atoms. The van der Waals surface area contributed by atoms with E-state index in [0.717, 1.165) is 44.4 Å². The number of allylic oxidation sites excluding steroid dienone is 2. The van der Waals surface area contributed by atoms with E-state index in [2.05, 4.69) is 20.8 Å². The van der Waals surface area contributed by atoms with Gasteiger partial charge in [0.2, 0.25) is 0 Å². The lowest BCUT2D eigenvalue weighted by molar-refractivity contribution is -0.161. The number of aliphatic hydroxyl groups excluding tert-OH is 4. The fourth-order valence-corrected chi connectivity index (χ4v) is 7.82. The molecule has 56 heavy (non-hydrogen) atoms. The van der Waals surface area contributed by atoms with E-state index < -0.39 is 37.0 Å². The van der Waals surface area contributed by atoms with Crippen LogP contribution in [0.15, 0.2) is 24.3 Å². The van der Waals surface area contributed by atoms with Crippen LogP contribution in [0.4, 0.5) is 0 Å². The molecule has 4 N–H and O–H groups in total. The zero-order chi connectivity index (χ0) is 41.1. The standard InChI is InChI=1S/C48H88O8/c1-4-6-25-31-41(50)35-36-44-43(45(51)37-46(44)52)32-27-23-24-28-33-47(53)55-39-42(38-49)56-48(54)34-29-22-20-18-16-14-12-10-8-7-9-11-13-15-17-19-21-26-30-40(3)5-2/h23,27,35-36,40-46,49-52H,4-22,24-26,28-34,37-39H2,1-3H3/b27-23+,36-35+/t40?,41-,42-,43+,44+,45-,46+/m0/s1. The molecule has 0 aliphatic heterocycles. The fraction of sp³-hybridized carbons (Fsp3) is 0.875. The molecule has 0 radical (unpaired) electrons. The number of rotatable bonds is 38. The zero-order valence-corrected chi connectivity index (χ0v) is 36.4. The van der Waals surface area contributed by atoms with Crippen molar-refractivity contribution in [1.82, 2.24) is 0 Å². The van der Waals surface area contributed by atoms with E-state index in [9.17, 15) is 30.0 Å². The number of hydrogen-bond acceptors (Lipinski definition) is 8. The molecule has 1 aliphatic rings. The van der Waals surface area contributed by atoms with Crippen molar-refractivity contribution < 1.29 is 39.5 Å². The van der Waals surface area contributed by atoms with Crippen molar-refractivity contribution in [2.75, 3.05) is 13.2 Å². The van der Waals surface area contributed by atoms with Crippen LogP contribution in [0.1, 0.15) is 213 Å². The van der Waals surface area contributed by atoms with Gasteiger partial charge in [0.25, 0.3) is 0 Å². The number of carbonyl (C=O) groups is 2. The van der Waals surface area contributed by atoms with Crippen LogP contribution in [0.5, 0.6) is 0 Å². The Kier molecular flexibility index (Phi) is 33.9. The lowest BCUT2D eigenvalue weighted by atomic mass is 9.89. The maximum Gasteiger partial charge on any atom is 0.306 e. The quantitative estimate of drug-likeness (QED) is 0.0276. The molecular weight excluding hydrogens is 705 g/mol. The smallest absolute Gasteiger partial charge is 0.306 e. The SMILES string of the molecule is CCCCC[C@H](O)/C=C/[C@@H]1[C@@H](C/C=C/CCCC(=O)OC[C@H](CO)OC(=O)CCCCCCCCCCCCCCCCCCCCC(C)CC)[C@@H](O)C[C@H]1O. The maximum absolute atomic E-state index is 12.3. The number of unbranched alkanes of at least 4 members (excludes halogenated alkanes) is 20. The summed E-state index contributed by atoms with van der Waals surface area (Å²) >= 11 is 0. The third kappa shape index (κ3) is 28.6. The van der Waals surface area contributed by atoms with Gasteiger partial charge >= 0.3 is 11.9 Å². The molecule has 0 saturated heterocycles. The predicted octanol–water partition coefficient (Wildman–Crippen LogP) is 11.3. The molecule has 7 atom stereocenters. The number of esters is 2. The van der Waals surface area contributed by atoms with Crippen LogP contribution in [-0.2, 0) is 19.1 Å². The molecule has 328 valence electrons. The molecule has 1 fully saturated rings. The summed E-state index contributed by atoms with van der Waals surface area (Å²) in [6.45, 7) is 6.25. The van der Waals surface area contributed by atoms with Gasteiger partial charge in [0.1, 0.15) is 6.61 Å². The Hall–Kier alpha value is -1.74. The molecule has 0 aromatic rings. The zero-order valence-electron chi connectivity index (χ0n) is 36.4. The third-order valence-corrected chi connectivity index (χ3v) is 11.9. The van der Waals surface area contributed by atoms with Gasteiger partial charge in [0.05, 0.1) is 24.9 Å². The van der Waals surface area contributed by atoms with E-state index in [1.54, 1.807) is 6.08 Å². The highest BCUT2D eigenvalue weighted by Crippen LogP contribution is 2.36. The highest BCUT2D eigenvalue weighted by Gasteiger charge is 2.39. The van der Waals surface area contributed by atoms with Crippen LogP contribution in [-0.4, -0.2) is 70.0 Å². The molecular formula is C48H88O8. The van der Waals surface area contributed by atoms with E-state index in [4.69, 9.17) is 9.47 Å². The second-order valence-corrected chi connectivity index (χ2v) is 17.1. The highest BCUT2D eigenvalue weighted by molar-refractivity contribution is 5.70. The number of aliphatic hydroxyl groups is 4. The molecule has 8 heteroatoms. The molecule has 1 unspecified atom stereocenters. The summed E-state index contributed by atoms with van der Waals surface area (Å²) in [4.78, 5) is 24.5. The first kappa shape index (κ1) is 52.3. The Balaban J connectivity index is 2.01. The minimum Gasteiger partial charge on any atom is -0.462 e. The molecule has 8 nitrogen and oxygen atoms in total. The van der Waals surface area contributed by atoms with E-state index in [-0.39, 0.29) is 30.8 Å². The topological polar surface area (TPSA) is 134 Å². The summed E-state index contributed by atoms with van der Waals surface area (Å²) in [7, 11) is 0. The lowest BCUT2D eigenvalue weighted by Gasteiger charge is -2.19. The van der Waals surface area contributed by atoms with E-state index >= 15 is 0 Å². The Morgan fingerprint density at radius 1 is 0.679 bits per heavy atom. The van der Waals surface area contributed by atoms with E-state index in [0.29, 0.717) is 38.5 Å². The molecule has 0 aromatic carbocycles. The molecule has 0 bridgehead atoms. The van der Waals surface area contributed by atoms with Gasteiger partial charge in [-0.25, -0.2) is 0 Å². The van der Waals surface area contributed by atoms with Gasteiger partial charge in [0.15, 0.2) is 6.10 Å². The lowest BCUT2D eigenvalue weighted by Crippen LogP contribution is -2.28. The van der Waals surface area contributed by atoms with Crippen molar-refractivity contribution in [2.45, 2.75) is 238 Å². The van der Waals surface area contributed by atoms with Crippen LogP contribution in [0.25, 0.3) is 0 Å². The number of carbonyl (C=O) groups excluding carboxylic acids is 2. The number of hydrogen-bond donors (Lipinski definition) is 4. The van der Waals surface area contributed by atoms with Crippen LogP contribution >= 0.6 is 0 Å². The first-order valence-corrected chi connectivity index (χ1v) is 23.5. The average molecular weight is 793 g/mol. The number of ether oxygens (including phenoxy) is 2. The molecule has 0 amide bonds. The van der Waals surface area contributed by atoms with Crippen LogP contribution < -0.4 is 0 Å². The normalized spacial score (nSPS) is 20.2. The monoisotopic (exact) mass is 793 g/mol. The Morgan fingerprint density at radius 2 is 1.21 bits per heavy atom. The molecule has 1 saturated carbocycles. The van der Waals surface area contributed by atoms with Gasteiger partial charge in [-0.1, -0.05) is 186 Å². The largest absolute Gasteiger partial charge is 0.462 e. The molecule has 1 rings (SSSR count). The maximum atomic E-state index is 12.3. The molecule has 0 aromatic heterocycles. The third-order valence-electron chi connectivity index (χ3n) is 11.9. The van der Waals surface area contributed by atoms with Gasteiger partial charge < -0.3 is 29.9 Å². The second-order valence-electron chi connectivity index (χ2n) is 17.1. The minimum atomic E-state index is -0.849. The Labute approximate surface area is 343 Å². The summed E-state index contributed by atoms with van der Waals surface area (Å²) < 4.78 is 10.6. The summed E-state index contributed by atoms with van der Waals surface area (Å²) in [5.74, 6) is -0.179. The van der Waals surface area contributed by atoms with Gasteiger partial charge in [-0.3, -0.25) is 9.59 Å². The van der Waals surface area contributed by atoms with Gasteiger partial charge in [0, 0.05) is 25.2 Å². The Bertz CT molecular complexity index is 982.